The molecule has 0 aromatic carbocycles. The molecule has 1 aromatic heterocycles. The second kappa shape index (κ2) is 6.85. The number of hydrogen-bond acceptors (Lipinski definition) is 5. The highest BCUT2D eigenvalue weighted by atomic mass is 16.5. The van der Waals surface area contributed by atoms with E-state index < -0.39 is 0 Å². The first-order valence-corrected chi connectivity index (χ1v) is 7.27. The Morgan fingerprint density at radius 1 is 1.45 bits per heavy atom. The van der Waals surface area contributed by atoms with E-state index in [1.54, 1.807) is 0 Å². The molecule has 6 heteroatoms. The molecule has 1 aromatic rings. The number of carbonyl (C=O) groups is 1. The Morgan fingerprint density at radius 2 is 2.25 bits per heavy atom. The Balaban J connectivity index is 1.89. The van der Waals surface area contributed by atoms with E-state index >= 15 is 0 Å². The van der Waals surface area contributed by atoms with Gasteiger partial charge < -0.3 is 20.3 Å². The quantitative estimate of drug-likeness (QED) is 0.685. The zero-order valence-electron chi connectivity index (χ0n) is 12.1. The van der Waals surface area contributed by atoms with Crippen LogP contribution in [0, 0.1) is 5.92 Å². The van der Waals surface area contributed by atoms with Gasteiger partial charge in [-0.1, -0.05) is 19.0 Å². The summed E-state index contributed by atoms with van der Waals surface area (Å²) in [7, 11) is 0. The first kappa shape index (κ1) is 15.0. The fraction of sp³-hybridized carbons (Fsp3) is 0.714. The van der Waals surface area contributed by atoms with Gasteiger partial charge in [0.05, 0.1) is 18.2 Å². The molecule has 6 nitrogen and oxygen atoms in total. The first-order valence-electron chi connectivity index (χ1n) is 7.27. The van der Waals surface area contributed by atoms with Gasteiger partial charge in [-0.25, -0.2) is 0 Å². The van der Waals surface area contributed by atoms with Crippen LogP contribution in [-0.2, 0) is 24.1 Å². The lowest BCUT2D eigenvalue weighted by atomic mass is 10.0. The molecule has 112 valence electrons. The Morgan fingerprint density at radius 3 is 2.85 bits per heavy atom. The molecule has 1 amide bonds. The molecule has 2 rings (SSSR count). The third kappa shape index (κ3) is 3.37. The van der Waals surface area contributed by atoms with E-state index in [0.29, 0.717) is 19.5 Å². The highest BCUT2D eigenvalue weighted by Gasteiger charge is 2.25. The first-order chi connectivity index (χ1) is 9.65. The number of carbonyl (C=O) groups excluding carboxylic acids is 1. The maximum atomic E-state index is 12.0. The Hall–Kier alpha value is -1.40. The number of aryl methyl sites for hydroxylation is 2. The van der Waals surface area contributed by atoms with Gasteiger partial charge in [-0.3, -0.25) is 4.79 Å². The Labute approximate surface area is 118 Å². The van der Waals surface area contributed by atoms with Crippen molar-refractivity contribution in [2.75, 3.05) is 19.6 Å². The van der Waals surface area contributed by atoms with E-state index in [9.17, 15) is 9.90 Å². The van der Waals surface area contributed by atoms with Crippen molar-refractivity contribution in [1.29, 1.82) is 0 Å². The van der Waals surface area contributed by atoms with Crippen molar-refractivity contribution in [3.05, 3.63) is 17.0 Å². The molecule has 20 heavy (non-hydrogen) atoms. The molecule has 2 atom stereocenters. The number of aliphatic hydroxyl groups is 1. The predicted octanol–water partition coefficient (Wildman–Crippen LogP) is 0.0384. The van der Waals surface area contributed by atoms with Crippen LogP contribution in [0.15, 0.2) is 4.52 Å². The molecular formula is C14H23N3O3. The molecular weight excluding hydrogens is 258 g/mol. The lowest BCUT2D eigenvalue weighted by Gasteiger charge is -2.14. The Kier molecular flexibility index (Phi) is 5.14. The normalized spacial score (nSPS) is 22.1. The second-order valence-electron chi connectivity index (χ2n) is 5.20. The smallest absolute Gasteiger partial charge is 0.224 e. The van der Waals surface area contributed by atoms with Crippen LogP contribution in [0.25, 0.3) is 0 Å². The average molecular weight is 281 g/mol. The lowest BCUT2D eigenvalue weighted by molar-refractivity contribution is -0.120. The number of β-amino-alcohol motifs (C(OH)–C–C–N with tert-alkyl or cyclic N) is 1. The molecule has 0 spiro atoms. The van der Waals surface area contributed by atoms with Gasteiger partial charge in [0.2, 0.25) is 5.91 Å². The summed E-state index contributed by atoms with van der Waals surface area (Å²) in [5, 5.41) is 19.7. The SMILES string of the molecule is CCc1noc(CC)c1CC(=O)NCC1CNCC1O. The summed E-state index contributed by atoms with van der Waals surface area (Å²) < 4.78 is 5.25. The Bertz CT molecular complexity index is 437. The molecule has 1 aliphatic heterocycles. The minimum atomic E-state index is -0.372. The van der Waals surface area contributed by atoms with E-state index in [1.165, 1.54) is 0 Å². The van der Waals surface area contributed by atoms with Gasteiger partial charge in [-0.15, -0.1) is 0 Å². The van der Waals surface area contributed by atoms with Gasteiger partial charge in [0.15, 0.2) is 0 Å². The minimum absolute atomic E-state index is 0.0447. The third-order valence-corrected chi connectivity index (χ3v) is 3.81. The summed E-state index contributed by atoms with van der Waals surface area (Å²) >= 11 is 0. The van der Waals surface area contributed by atoms with Crippen molar-refractivity contribution >= 4 is 5.91 Å². The number of nitrogens with one attached hydrogen (secondary N) is 2. The van der Waals surface area contributed by atoms with E-state index in [2.05, 4.69) is 15.8 Å². The summed E-state index contributed by atoms with van der Waals surface area (Å²) in [4.78, 5) is 12.0. The molecule has 2 unspecified atom stereocenters. The van der Waals surface area contributed by atoms with Gasteiger partial charge in [0, 0.05) is 37.5 Å². The summed E-state index contributed by atoms with van der Waals surface area (Å²) in [6.45, 7) is 5.84. The van der Waals surface area contributed by atoms with E-state index in [-0.39, 0.29) is 17.9 Å². The largest absolute Gasteiger partial charge is 0.391 e. The minimum Gasteiger partial charge on any atom is -0.391 e. The molecule has 0 aliphatic carbocycles. The van der Waals surface area contributed by atoms with Crippen LogP contribution in [0.2, 0.25) is 0 Å². The van der Waals surface area contributed by atoms with Crippen molar-refractivity contribution in [3.8, 4) is 0 Å². The molecule has 0 saturated carbocycles. The van der Waals surface area contributed by atoms with Crippen molar-refractivity contribution < 1.29 is 14.4 Å². The standard InChI is InChI=1S/C14H23N3O3/c1-3-11-10(13(4-2)20-17-11)5-14(19)16-7-9-6-15-8-12(9)18/h9,12,15,18H,3-8H2,1-2H3,(H,16,19). The second-order valence-corrected chi connectivity index (χ2v) is 5.20. The molecule has 2 heterocycles. The molecule has 3 N–H and O–H groups in total. The molecule has 0 radical (unpaired) electrons. The topological polar surface area (TPSA) is 87.4 Å². The van der Waals surface area contributed by atoms with Crippen LogP contribution < -0.4 is 10.6 Å². The van der Waals surface area contributed by atoms with Crippen LogP contribution in [0.5, 0.6) is 0 Å². The van der Waals surface area contributed by atoms with Crippen molar-refractivity contribution in [1.82, 2.24) is 15.8 Å². The highest BCUT2D eigenvalue weighted by Crippen LogP contribution is 2.16. The van der Waals surface area contributed by atoms with Crippen LogP contribution in [0.3, 0.4) is 0 Å². The zero-order valence-corrected chi connectivity index (χ0v) is 12.1. The molecule has 1 saturated heterocycles. The summed E-state index contributed by atoms with van der Waals surface area (Å²) in [6, 6.07) is 0. The zero-order chi connectivity index (χ0) is 14.5. The lowest BCUT2D eigenvalue weighted by Crippen LogP contribution is -2.35. The van der Waals surface area contributed by atoms with Crippen LogP contribution in [0.4, 0.5) is 0 Å². The fourth-order valence-corrected chi connectivity index (χ4v) is 2.53. The fourth-order valence-electron chi connectivity index (χ4n) is 2.53. The van der Waals surface area contributed by atoms with Crippen LogP contribution >= 0.6 is 0 Å². The van der Waals surface area contributed by atoms with Gasteiger partial charge in [0.1, 0.15) is 5.76 Å². The molecule has 1 aliphatic rings. The molecule has 0 bridgehead atoms. The number of aromatic nitrogens is 1. The third-order valence-electron chi connectivity index (χ3n) is 3.81. The summed E-state index contributed by atoms with van der Waals surface area (Å²) in [6.07, 6.45) is 1.42. The van der Waals surface area contributed by atoms with E-state index in [1.807, 2.05) is 13.8 Å². The van der Waals surface area contributed by atoms with E-state index in [4.69, 9.17) is 4.52 Å². The maximum absolute atomic E-state index is 12.0. The summed E-state index contributed by atoms with van der Waals surface area (Å²) in [5.74, 6) is 0.842. The average Bonchev–Trinajstić information content (AvgIpc) is 3.02. The molecule has 1 fully saturated rings. The number of nitrogens with zero attached hydrogens (tertiary/aromatic N) is 1. The number of amides is 1. The van der Waals surface area contributed by atoms with E-state index in [0.717, 1.165) is 36.4 Å². The van der Waals surface area contributed by atoms with Gasteiger partial charge in [-0.05, 0) is 6.42 Å². The summed E-state index contributed by atoms with van der Waals surface area (Å²) in [5.41, 5.74) is 1.78. The predicted molar refractivity (Wildman–Crippen MR) is 74.3 cm³/mol. The van der Waals surface area contributed by atoms with Crippen molar-refractivity contribution in [2.45, 2.75) is 39.2 Å². The number of rotatable bonds is 6. The van der Waals surface area contributed by atoms with Crippen LogP contribution in [0.1, 0.15) is 30.9 Å². The van der Waals surface area contributed by atoms with Crippen molar-refractivity contribution in [2.24, 2.45) is 5.92 Å². The maximum Gasteiger partial charge on any atom is 0.224 e. The van der Waals surface area contributed by atoms with Gasteiger partial charge in [0.25, 0.3) is 0 Å². The number of hydrogen-bond donors (Lipinski definition) is 3. The van der Waals surface area contributed by atoms with Crippen LogP contribution in [-0.4, -0.2) is 41.9 Å². The monoisotopic (exact) mass is 281 g/mol. The van der Waals surface area contributed by atoms with Crippen molar-refractivity contribution in [3.63, 3.8) is 0 Å². The van der Waals surface area contributed by atoms with Gasteiger partial charge in [-0.2, -0.15) is 0 Å². The highest BCUT2D eigenvalue weighted by molar-refractivity contribution is 5.79. The van der Waals surface area contributed by atoms with Gasteiger partial charge >= 0.3 is 0 Å². The number of aliphatic hydroxyl groups excluding tert-OH is 1.